The van der Waals surface area contributed by atoms with E-state index >= 15 is 0 Å². The maximum absolute atomic E-state index is 12.1. The summed E-state index contributed by atoms with van der Waals surface area (Å²) in [5, 5.41) is 9.66. The molecule has 4 N–H and O–H groups in total. The van der Waals surface area contributed by atoms with Gasteiger partial charge >= 0.3 is 0 Å². The van der Waals surface area contributed by atoms with Crippen LogP contribution in [0.5, 0.6) is 0 Å². The molecule has 0 aliphatic carbocycles. The summed E-state index contributed by atoms with van der Waals surface area (Å²) < 4.78 is 10.6. The standard InChI is InChI=1S/C16H23N5O3.ClH/c1-3-23-8-9-24-11(2)16(22)18-13-6-4-12(5-7-13)15-19-14(10-17)20-21-15;/h4-7,11H,3,8-10,17H2,1-2H3,(H,18,22)(H,19,20,21);1H. The average Bonchev–Trinajstić information content (AvgIpc) is 3.08. The minimum Gasteiger partial charge on any atom is -0.379 e. The molecule has 1 amide bonds. The van der Waals surface area contributed by atoms with E-state index in [4.69, 9.17) is 15.2 Å². The summed E-state index contributed by atoms with van der Waals surface area (Å²) in [5.41, 5.74) is 7.02. The maximum atomic E-state index is 12.1. The van der Waals surface area contributed by atoms with Crippen molar-refractivity contribution >= 4 is 24.0 Å². The Bertz CT molecular complexity index is 647. The molecule has 0 spiro atoms. The van der Waals surface area contributed by atoms with Crippen molar-refractivity contribution in [2.75, 3.05) is 25.1 Å². The lowest BCUT2D eigenvalue weighted by molar-refractivity contribution is -0.127. The minimum absolute atomic E-state index is 0. The van der Waals surface area contributed by atoms with Crippen LogP contribution in [0.4, 0.5) is 5.69 Å². The van der Waals surface area contributed by atoms with Crippen LogP contribution in [0.2, 0.25) is 0 Å². The molecule has 0 aliphatic heterocycles. The van der Waals surface area contributed by atoms with Crippen molar-refractivity contribution < 1.29 is 14.3 Å². The fourth-order valence-corrected chi connectivity index (χ4v) is 1.97. The summed E-state index contributed by atoms with van der Waals surface area (Å²) in [6.07, 6.45) is -0.551. The molecule has 0 saturated heterocycles. The van der Waals surface area contributed by atoms with Crippen LogP contribution >= 0.6 is 12.4 Å². The van der Waals surface area contributed by atoms with Crippen LogP contribution in [0.15, 0.2) is 24.3 Å². The lowest BCUT2D eigenvalue weighted by atomic mass is 10.2. The van der Waals surface area contributed by atoms with Gasteiger partial charge < -0.3 is 20.5 Å². The van der Waals surface area contributed by atoms with Gasteiger partial charge in [0.2, 0.25) is 0 Å². The van der Waals surface area contributed by atoms with Crippen molar-refractivity contribution in [2.45, 2.75) is 26.5 Å². The molecule has 1 aromatic carbocycles. The highest BCUT2D eigenvalue weighted by molar-refractivity contribution is 5.94. The van der Waals surface area contributed by atoms with E-state index in [1.54, 1.807) is 19.1 Å². The number of nitrogens with zero attached hydrogens (tertiary/aromatic N) is 2. The summed E-state index contributed by atoms with van der Waals surface area (Å²) in [5.74, 6) is 0.990. The third-order valence-corrected chi connectivity index (χ3v) is 3.30. The number of ether oxygens (including phenoxy) is 2. The van der Waals surface area contributed by atoms with Gasteiger partial charge in [0.15, 0.2) is 5.82 Å². The monoisotopic (exact) mass is 369 g/mol. The van der Waals surface area contributed by atoms with E-state index in [1.807, 2.05) is 19.1 Å². The SMILES string of the molecule is CCOCCOC(C)C(=O)Nc1ccc(-c2n[nH]c(CN)n2)cc1.Cl. The smallest absolute Gasteiger partial charge is 0.253 e. The van der Waals surface area contributed by atoms with E-state index < -0.39 is 6.10 Å². The number of carbonyl (C=O) groups is 1. The molecule has 1 heterocycles. The Morgan fingerprint density at radius 1 is 1.32 bits per heavy atom. The number of hydrogen-bond donors (Lipinski definition) is 3. The number of aromatic nitrogens is 3. The predicted octanol–water partition coefficient (Wildman–Crippen LogP) is 1.73. The third kappa shape index (κ3) is 6.43. The van der Waals surface area contributed by atoms with Crippen LogP contribution in [-0.4, -0.2) is 47.0 Å². The van der Waals surface area contributed by atoms with Crippen molar-refractivity contribution in [3.05, 3.63) is 30.1 Å². The van der Waals surface area contributed by atoms with E-state index in [0.717, 1.165) is 5.56 Å². The molecular weight excluding hydrogens is 346 g/mol. The molecule has 138 valence electrons. The van der Waals surface area contributed by atoms with Gasteiger partial charge in [-0.1, -0.05) is 0 Å². The number of aromatic amines is 1. The average molecular weight is 370 g/mol. The number of nitrogens with one attached hydrogen (secondary N) is 2. The number of carbonyl (C=O) groups excluding carboxylic acids is 1. The van der Waals surface area contributed by atoms with Crippen LogP contribution in [-0.2, 0) is 20.8 Å². The highest BCUT2D eigenvalue weighted by atomic mass is 35.5. The first-order valence-corrected chi connectivity index (χ1v) is 7.86. The summed E-state index contributed by atoms with van der Waals surface area (Å²) in [7, 11) is 0. The number of anilines is 1. The third-order valence-electron chi connectivity index (χ3n) is 3.30. The Morgan fingerprint density at radius 2 is 2.04 bits per heavy atom. The number of halogens is 1. The summed E-state index contributed by atoms with van der Waals surface area (Å²) in [4.78, 5) is 16.3. The van der Waals surface area contributed by atoms with Crippen LogP contribution in [0.25, 0.3) is 11.4 Å². The zero-order chi connectivity index (χ0) is 17.4. The second kappa shape index (κ2) is 10.8. The summed E-state index contributed by atoms with van der Waals surface area (Å²) in [6.45, 7) is 5.42. The van der Waals surface area contributed by atoms with Crippen LogP contribution in [0.3, 0.4) is 0 Å². The van der Waals surface area contributed by atoms with Crippen molar-refractivity contribution in [1.82, 2.24) is 15.2 Å². The van der Waals surface area contributed by atoms with Gasteiger partial charge in [-0.15, -0.1) is 12.4 Å². The quantitative estimate of drug-likeness (QED) is 0.580. The van der Waals surface area contributed by atoms with Gasteiger partial charge in [0, 0.05) is 17.9 Å². The highest BCUT2D eigenvalue weighted by Gasteiger charge is 2.13. The van der Waals surface area contributed by atoms with Gasteiger partial charge in [0.25, 0.3) is 5.91 Å². The van der Waals surface area contributed by atoms with E-state index in [-0.39, 0.29) is 18.3 Å². The maximum Gasteiger partial charge on any atom is 0.253 e. The van der Waals surface area contributed by atoms with E-state index in [9.17, 15) is 4.79 Å². The minimum atomic E-state index is -0.551. The molecule has 0 aliphatic rings. The molecule has 0 saturated carbocycles. The number of amides is 1. The largest absolute Gasteiger partial charge is 0.379 e. The molecule has 1 unspecified atom stereocenters. The van der Waals surface area contributed by atoms with Crippen molar-refractivity contribution in [3.8, 4) is 11.4 Å². The Labute approximate surface area is 152 Å². The number of hydrogen-bond acceptors (Lipinski definition) is 6. The highest BCUT2D eigenvalue weighted by Crippen LogP contribution is 2.18. The number of rotatable bonds is 9. The Balaban J connectivity index is 0.00000312. The molecule has 0 fully saturated rings. The second-order valence-electron chi connectivity index (χ2n) is 5.09. The first-order chi connectivity index (χ1) is 11.6. The zero-order valence-electron chi connectivity index (χ0n) is 14.3. The lowest BCUT2D eigenvalue weighted by Crippen LogP contribution is -2.28. The molecule has 25 heavy (non-hydrogen) atoms. The molecule has 0 bridgehead atoms. The lowest BCUT2D eigenvalue weighted by Gasteiger charge is -2.13. The van der Waals surface area contributed by atoms with Crippen LogP contribution in [0, 0.1) is 0 Å². The number of H-pyrrole nitrogens is 1. The van der Waals surface area contributed by atoms with Gasteiger partial charge in [-0.2, -0.15) is 5.10 Å². The van der Waals surface area contributed by atoms with Gasteiger partial charge in [-0.25, -0.2) is 4.98 Å². The van der Waals surface area contributed by atoms with Crippen molar-refractivity contribution in [3.63, 3.8) is 0 Å². The first kappa shape index (κ1) is 21.0. The Morgan fingerprint density at radius 3 is 2.64 bits per heavy atom. The molecule has 1 aromatic heterocycles. The fourth-order valence-electron chi connectivity index (χ4n) is 1.97. The van der Waals surface area contributed by atoms with E-state index in [2.05, 4.69) is 20.5 Å². The first-order valence-electron chi connectivity index (χ1n) is 7.86. The fraction of sp³-hybridized carbons (Fsp3) is 0.438. The Hall–Kier alpha value is -2.00. The van der Waals surface area contributed by atoms with E-state index in [1.165, 1.54) is 0 Å². The summed E-state index contributed by atoms with van der Waals surface area (Å²) in [6, 6.07) is 7.25. The molecule has 0 radical (unpaired) electrons. The molecule has 9 heteroatoms. The molecule has 8 nitrogen and oxygen atoms in total. The van der Waals surface area contributed by atoms with Crippen LogP contribution in [0.1, 0.15) is 19.7 Å². The number of benzene rings is 1. The summed E-state index contributed by atoms with van der Waals surface area (Å²) >= 11 is 0. The zero-order valence-corrected chi connectivity index (χ0v) is 15.1. The molecular formula is C16H24ClN5O3. The van der Waals surface area contributed by atoms with Crippen LogP contribution < -0.4 is 11.1 Å². The van der Waals surface area contributed by atoms with Gasteiger partial charge in [-0.3, -0.25) is 9.89 Å². The van der Waals surface area contributed by atoms with Gasteiger partial charge in [-0.05, 0) is 38.1 Å². The van der Waals surface area contributed by atoms with E-state index in [0.29, 0.717) is 43.7 Å². The van der Waals surface area contributed by atoms with Crippen molar-refractivity contribution in [1.29, 1.82) is 0 Å². The van der Waals surface area contributed by atoms with Gasteiger partial charge in [0.05, 0.1) is 19.8 Å². The normalized spacial score (nSPS) is 11.6. The second-order valence-corrected chi connectivity index (χ2v) is 5.09. The topological polar surface area (TPSA) is 115 Å². The number of nitrogens with two attached hydrogens (primary N) is 1. The molecule has 2 aromatic rings. The predicted molar refractivity (Wildman–Crippen MR) is 97.5 cm³/mol. The van der Waals surface area contributed by atoms with Crippen molar-refractivity contribution in [2.24, 2.45) is 5.73 Å². The Kier molecular flexibility index (Phi) is 9.07. The van der Waals surface area contributed by atoms with Gasteiger partial charge in [0.1, 0.15) is 11.9 Å². The molecule has 2 rings (SSSR count). The molecule has 1 atom stereocenters.